The predicted octanol–water partition coefficient (Wildman–Crippen LogP) is 2.71. The summed E-state index contributed by atoms with van der Waals surface area (Å²) in [6, 6.07) is 16.5. The van der Waals surface area contributed by atoms with E-state index in [1.165, 1.54) is 11.4 Å². The highest BCUT2D eigenvalue weighted by molar-refractivity contribution is 5.86. The van der Waals surface area contributed by atoms with Crippen molar-refractivity contribution in [1.82, 2.24) is 0 Å². The minimum absolute atomic E-state index is 0.251. The lowest BCUT2D eigenvalue weighted by molar-refractivity contribution is -0.117. The van der Waals surface area contributed by atoms with Gasteiger partial charge in [0.05, 0.1) is 26.4 Å². The van der Waals surface area contributed by atoms with Crippen LogP contribution in [0.3, 0.4) is 0 Å². The first-order valence-electron chi connectivity index (χ1n) is 10.1. The van der Waals surface area contributed by atoms with Gasteiger partial charge >= 0.3 is 0 Å². The van der Waals surface area contributed by atoms with Crippen LogP contribution in [-0.4, -0.2) is 58.4 Å². The highest BCUT2D eigenvalue weighted by atomic mass is 16.5. The SMILES string of the molecule is O=C(Cc1ccccc1N1CCOCC1)Cc1ccccc1N1CCOCC1. The Morgan fingerprint density at radius 3 is 1.50 bits per heavy atom. The molecule has 2 saturated heterocycles. The monoisotopic (exact) mass is 380 g/mol. The lowest BCUT2D eigenvalue weighted by atomic mass is 9.99. The van der Waals surface area contributed by atoms with Crippen molar-refractivity contribution in [3.05, 3.63) is 59.7 Å². The van der Waals surface area contributed by atoms with Gasteiger partial charge in [-0.15, -0.1) is 0 Å². The van der Waals surface area contributed by atoms with Crippen LogP contribution in [0, 0.1) is 0 Å². The molecule has 148 valence electrons. The van der Waals surface area contributed by atoms with Crippen LogP contribution in [-0.2, 0) is 27.1 Å². The average Bonchev–Trinajstić information content (AvgIpc) is 2.76. The smallest absolute Gasteiger partial charge is 0.141 e. The van der Waals surface area contributed by atoms with Crippen LogP contribution < -0.4 is 9.80 Å². The maximum atomic E-state index is 13.0. The minimum atomic E-state index is 0.251. The molecular weight excluding hydrogens is 352 g/mol. The number of rotatable bonds is 6. The number of anilines is 2. The molecule has 2 aliphatic rings. The van der Waals surface area contributed by atoms with E-state index in [0.29, 0.717) is 12.8 Å². The molecule has 5 heteroatoms. The second-order valence-electron chi connectivity index (χ2n) is 7.35. The maximum Gasteiger partial charge on any atom is 0.141 e. The molecule has 2 aromatic rings. The first kappa shape index (κ1) is 19.0. The second kappa shape index (κ2) is 9.22. The van der Waals surface area contributed by atoms with E-state index in [9.17, 15) is 4.79 Å². The van der Waals surface area contributed by atoms with Crippen molar-refractivity contribution >= 4 is 17.2 Å². The van der Waals surface area contributed by atoms with E-state index in [1.807, 2.05) is 24.3 Å². The number of nitrogens with zero attached hydrogens (tertiary/aromatic N) is 2. The first-order valence-corrected chi connectivity index (χ1v) is 10.1. The Hall–Kier alpha value is -2.37. The quantitative estimate of drug-likeness (QED) is 0.771. The highest BCUT2D eigenvalue weighted by Gasteiger charge is 2.19. The number of carbonyl (C=O) groups excluding carboxylic acids is 1. The molecule has 2 heterocycles. The zero-order valence-corrected chi connectivity index (χ0v) is 16.3. The van der Waals surface area contributed by atoms with E-state index in [2.05, 4.69) is 34.1 Å². The Balaban J connectivity index is 1.47. The number of benzene rings is 2. The molecule has 0 spiro atoms. The topological polar surface area (TPSA) is 42.0 Å². The van der Waals surface area contributed by atoms with E-state index < -0.39 is 0 Å². The number of hydrogen-bond acceptors (Lipinski definition) is 5. The van der Waals surface area contributed by atoms with Gasteiger partial charge in [0, 0.05) is 50.4 Å². The zero-order chi connectivity index (χ0) is 19.2. The number of ketones is 1. The van der Waals surface area contributed by atoms with Crippen molar-refractivity contribution in [2.45, 2.75) is 12.8 Å². The summed E-state index contributed by atoms with van der Waals surface area (Å²) in [7, 11) is 0. The fraction of sp³-hybridized carbons (Fsp3) is 0.435. The molecule has 0 bridgehead atoms. The van der Waals surface area contributed by atoms with Gasteiger partial charge in [-0.05, 0) is 23.3 Å². The van der Waals surface area contributed by atoms with Crippen molar-refractivity contribution in [2.24, 2.45) is 0 Å². The maximum absolute atomic E-state index is 13.0. The Labute approximate surface area is 166 Å². The lowest BCUT2D eigenvalue weighted by Crippen LogP contribution is -2.37. The van der Waals surface area contributed by atoms with Gasteiger partial charge in [-0.25, -0.2) is 0 Å². The van der Waals surface area contributed by atoms with Gasteiger partial charge in [-0.1, -0.05) is 36.4 Å². The molecular formula is C23H28N2O3. The summed E-state index contributed by atoms with van der Waals surface area (Å²) in [5, 5.41) is 0. The van der Waals surface area contributed by atoms with Gasteiger partial charge in [-0.3, -0.25) is 4.79 Å². The zero-order valence-electron chi connectivity index (χ0n) is 16.3. The summed E-state index contributed by atoms with van der Waals surface area (Å²) in [5.74, 6) is 0.251. The van der Waals surface area contributed by atoms with E-state index >= 15 is 0 Å². The standard InChI is InChI=1S/C23H28N2O3/c26-21(17-19-5-1-3-7-22(19)24-9-13-27-14-10-24)18-20-6-2-4-8-23(20)25-11-15-28-16-12-25/h1-8H,9-18H2. The van der Waals surface area contributed by atoms with Crippen molar-refractivity contribution in [3.8, 4) is 0 Å². The summed E-state index contributed by atoms with van der Waals surface area (Å²) in [4.78, 5) is 17.6. The fourth-order valence-corrected chi connectivity index (χ4v) is 4.03. The van der Waals surface area contributed by atoms with E-state index in [1.54, 1.807) is 0 Å². The molecule has 0 radical (unpaired) electrons. The Morgan fingerprint density at radius 2 is 1.07 bits per heavy atom. The van der Waals surface area contributed by atoms with Crippen LogP contribution in [0.4, 0.5) is 11.4 Å². The third-order valence-electron chi connectivity index (χ3n) is 5.46. The van der Waals surface area contributed by atoms with Crippen molar-refractivity contribution in [1.29, 1.82) is 0 Å². The third kappa shape index (κ3) is 4.54. The average molecular weight is 380 g/mol. The number of hydrogen-bond donors (Lipinski definition) is 0. The largest absolute Gasteiger partial charge is 0.378 e. The minimum Gasteiger partial charge on any atom is -0.378 e. The third-order valence-corrected chi connectivity index (χ3v) is 5.46. The molecule has 28 heavy (non-hydrogen) atoms. The lowest BCUT2D eigenvalue weighted by Gasteiger charge is -2.31. The van der Waals surface area contributed by atoms with Crippen LogP contribution in [0.15, 0.2) is 48.5 Å². The Morgan fingerprint density at radius 1 is 0.679 bits per heavy atom. The van der Waals surface area contributed by atoms with Crippen LogP contribution in [0.5, 0.6) is 0 Å². The van der Waals surface area contributed by atoms with E-state index in [4.69, 9.17) is 9.47 Å². The molecule has 4 rings (SSSR count). The van der Waals surface area contributed by atoms with Crippen LogP contribution in [0.25, 0.3) is 0 Å². The Bertz CT molecular complexity index is 730. The molecule has 0 amide bonds. The highest BCUT2D eigenvalue weighted by Crippen LogP contribution is 2.25. The molecule has 5 nitrogen and oxygen atoms in total. The predicted molar refractivity (Wildman–Crippen MR) is 111 cm³/mol. The molecule has 2 aliphatic heterocycles. The Kier molecular flexibility index (Phi) is 6.24. The van der Waals surface area contributed by atoms with Crippen LogP contribution >= 0.6 is 0 Å². The first-order chi connectivity index (χ1) is 13.8. The molecule has 0 unspecified atom stereocenters. The van der Waals surface area contributed by atoms with Crippen molar-refractivity contribution < 1.29 is 14.3 Å². The van der Waals surface area contributed by atoms with Gasteiger partial charge in [-0.2, -0.15) is 0 Å². The van der Waals surface area contributed by atoms with Gasteiger partial charge in [0.2, 0.25) is 0 Å². The molecule has 0 saturated carbocycles. The van der Waals surface area contributed by atoms with Gasteiger partial charge in [0.1, 0.15) is 5.78 Å². The number of Topliss-reactive ketones (excluding diaryl/α,β-unsaturated/α-hetero) is 1. The molecule has 0 atom stereocenters. The van der Waals surface area contributed by atoms with Crippen molar-refractivity contribution in [3.63, 3.8) is 0 Å². The number of morpholine rings is 2. The molecule has 0 N–H and O–H groups in total. The van der Waals surface area contributed by atoms with Gasteiger partial charge in [0.25, 0.3) is 0 Å². The normalized spacial score (nSPS) is 17.6. The molecule has 2 fully saturated rings. The molecule has 0 aromatic heterocycles. The summed E-state index contributed by atoms with van der Waals surface area (Å²) in [6.07, 6.45) is 0.927. The summed E-state index contributed by atoms with van der Waals surface area (Å²) in [5.41, 5.74) is 4.55. The van der Waals surface area contributed by atoms with E-state index in [0.717, 1.165) is 63.7 Å². The summed E-state index contributed by atoms with van der Waals surface area (Å²) in [6.45, 7) is 6.50. The molecule has 0 aliphatic carbocycles. The van der Waals surface area contributed by atoms with Crippen LogP contribution in [0.2, 0.25) is 0 Å². The second-order valence-corrected chi connectivity index (χ2v) is 7.35. The molecule has 2 aromatic carbocycles. The number of carbonyl (C=O) groups is 1. The summed E-state index contributed by atoms with van der Waals surface area (Å²) >= 11 is 0. The van der Waals surface area contributed by atoms with Gasteiger partial charge in [0.15, 0.2) is 0 Å². The number of para-hydroxylation sites is 2. The summed E-state index contributed by atoms with van der Waals surface area (Å²) < 4.78 is 10.9. The van der Waals surface area contributed by atoms with Crippen molar-refractivity contribution in [2.75, 3.05) is 62.4 Å². The van der Waals surface area contributed by atoms with Crippen LogP contribution in [0.1, 0.15) is 11.1 Å². The number of ether oxygens (including phenoxy) is 2. The van der Waals surface area contributed by atoms with Gasteiger partial charge < -0.3 is 19.3 Å². The van der Waals surface area contributed by atoms with E-state index in [-0.39, 0.29) is 5.78 Å². The fourth-order valence-electron chi connectivity index (χ4n) is 4.03.